The first-order valence-corrected chi connectivity index (χ1v) is 11.5. The minimum absolute atomic E-state index is 0. The first kappa shape index (κ1) is 31.6. The van der Waals surface area contributed by atoms with Crippen LogP contribution in [0.1, 0.15) is 53.0 Å². The maximum atomic E-state index is 13.4. The molecule has 4 N–H and O–H groups in total. The van der Waals surface area contributed by atoms with Crippen molar-refractivity contribution in [3.8, 4) is 0 Å². The molecule has 8 nitrogen and oxygen atoms in total. The molecule has 1 aromatic carbocycles. The number of carbonyl (C=O) groups excluding carboxylic acids is 3. The number of hydrogen-bond donors (Lipinski definition) is 4. The van der Waals surface area contributed by atoms with Crippen LogP contribution >= 0.6 is 12.4 Å². The first-order chi connectivity index (χ1) is 15.6. The molecule has 0 saturated carbocycles. The van der Waals surface area contributed by atoms with Crippen LogP contribution in [0.5, 0.6) is 0 Å². The summed E-state index contributed by atoms with van der Waals surface area (Å²) in [4.78, 5) is 38.7. The number of likely N-dealkylation sites (N-methyl/N-ethyl adjacent to an activating group) is 1. The molecule has 0 unspecified atom stereocenters. The van der Waals surface area contributed by atoms with Gasteiger partial charge >= 0.3 is 0 Å². The highest BCUT2D eigenvalue weighted by molar-refractivity contribution is 5.89. The summed E-state index contributed by atoms with van der Waals surface area (Å²) in [5.41, 5.74) is 5.44. The van der Waals surface area contributed by atoms with Crippen LogP contribution in [0.15, 0.2) is 36.4 Å². The van der Waals surface area contributed by atoms with Crippen molar-refractivity contribution in [2.45, 2.75) is 53.5 Å². The maximum absolute atomic E-state index is 13.4. The summed E-state index contributed by atoms with van der Waals surface area (Å²) in [6.45, 7) is 9.92. The zero-order chi connectivity index (χ0) is 25.0. The summed E-state index contributed by atoms with van der Waals surface area (Å²) in [7, 11) is 1.68. The van der Waals surface area contributed by atoms with Crippen LogP contribution in [-0.2, 0) is 14.4 Å². The van der Waals surface area contributed by atoms with Crippen LogP contribution in [0, 0.1) is 23.7 Å². The summed E-state index contributed by atoms with van der Waals surface area (Å²) in [6.07, 6.45) is 4.40. The molecule has 0 aromatic heterocycles. The van der Waals surface area contributed by atoms with E-state index in [2.05, 4.69) is 10.7 Å². The predicted molar refractivity (Wildman–Crippen MR) is 137 cm³/mol. The van der Waals surface area contributed by atoms with E-state index in [9.17, 15) is 19.6 Å². The SMILES string of the molecule is CN[C@H](C)C(=O)N(CC(C)C)NC(=O)[C@H](CC(C)C)[C@H](CC=Cc1ccccc1)C(=O)NO.Cl. The highest BCUT2D eigenvalue weighted by Gasteiger charge is 2.35. The molecule has 0 saturated heterocycles. The fourth-order valence-corrected chi connectivity index (χ4v) is 3.54. The van der Waals surface area contributed by atoms with E-state index in [1.165, 1.54) is 5.01 Å². The summed E-state index contributed by atoms with van der Waals surface area (Å²) in [5, 5.41) is 13.6. The highest BCUT2D eigenvalue weighted by Crippen LogP contribution is 2.25. The Labute approximate surface area is 209 Å². The van der Waals surface area contributed by atoms with Gasteiger partial charge in [0.05, 0.1) is 17.9 Å². The summed E-state index contributed by atoms with van der Waals surface area (Å²) >= 11 is 0. The number of nitrogens with one attached hydrogen (secondary N) is 3. The Morgan fingerprint density at radius 3 is 2.09 bits per heavy atom. The number of hydrazine groups is 1. The fourth-order valence-electron chi connectivity index (χ4n) is 3.54. The normalized spacial score (nSPS) is 13.8. The largest absolute Gasteiger partial charge is 0.309 e. The van der Waals surface area contributed by atoms with Gasteiger partial charge in [-0.3, -0.25) is 30.0 Å². The van der Waals surface area contributed by atoms with Crippen molar-refractivity contribution in [1.82, 2.24) is 21.2 Å². The number of carbonyl (C=O) groups is 3. The van der Waals surface area contributed by atoms with E-state index in [-0.39, 0.29) is 36.6 Å². The van der Waals surface area contributed by atoms with Gasteiger partial charge in [0.25, 0.3) is 5.91 Å². The Balaban J connectivity index is 0.0000109. The van der Waals surface area contributed by atoms with Gasteiger partial charge in [0.15, 0.2) is 0 Å². The van der Waals surface area contributed by atoms with Crippen LogP contribution < -0.4 is 16.2 Å². The van der Waals surface area contributed by atoms with Gasteiger partial charge in [0.1, 0.15) is 0 Å². The molecule has 3 amide bonds. The lowest BCUT2D eigenvalue weighted by molar-refractivity contribution is -0.148. The lowest BCUT2D eigenvalue weighted by atomic mass is 9.82. The average Bonchev–Trinajstić information content (AvgIpc) is 2.78. The van der Waals surface area contributed by atoms with Gasteiger partial charge in [-0.15, -0.1) is 12.4 Å². The average molecular weight is 497 g/mol. The van der Waals surface area contributed by atoms with E-state index >= 15 is 0 Å². The second-order valence-electron chi connectivity index (χ2n) is 9.20. The number of hydroxylamine groups is 1. The molecule has 9 heteroatoms. The summed E-state index contributed by atoms with van der Waals surface area (Å²) in [6, 6.07) is 9.15. The number of allylic oxidation sites excluding steroid dienone is 1. The zero-order valence-electron chi connectivity index (χ0n) is 21.1. The van der Waals surface area contributed by atoms with E-state index in [0.717, 1.165) is 5.56 Å². The summed E-state index contributed by atoms with van der Waals surface area (Å²) < 4.78 is 0. The third-order valence-corrected chi connectivity index (χ3v) is 5.36. The smallest absolute Gasteiger partial charge is 0.257 e. The third-order valence-electron chi connectivity index (χ3n) is 5.36. The molecule has 192 valence electrons. The molecule has 0 fully saturated rings. The standard InChI is InChI=1S/C25H40N4O4.ClH/c1-17(2)15-22(23(30)27-29(16-18(3)4)25(32)19(5)26-6)21(24(31)28-33)14-10-13-20-11-8-7-9-12-20;/h7-13,17-19,21-22,26,33H,14-16H2,1-6H3,(H,27,30)(H,28,31);1H/t19-,21+,22-;/m1./s1. The molecule has 0 spiro atoms. The highest BCUT2D eigenvalue weighted by atomic mass is 35.5. The molecule has 3 atom stereocenters. The lowest BCUT2D eigenvalue weighted by Gasteiger charge is -2.31. The molecule has 0 aliphatic heterocycles. The number of halogens is 1. The van der Waals surface area contributed by atoms with Gasteiger partial charge < -0.3 is 5.32 Å². The van der Waals surface area contributed by atoms with Crippen molar-refractivity contribution in [2.24, 2.45) is 23.7 Å². The zero-order valence-corrected chi connectivity index (χ0v) is 21.9. The fraction of sp³-hybridized carbons (Fsp3) is 0.560. The quantitative estimate of drug-likeness (QED) is 0.262. The Bertz CT molecular complexity index is 786. The van der Waals surface area contributed by atoms with Crippen molar-refractivity contribution in [3.63, 3.8) is 0 Å². The molecule has 0 heterocycles. The van der Waals surface area contributed by atoms with Crippen LogP contribution in [0.3, 0.4) is 0 Å². The minimum Gasteiger partial charge on any atom is -0.309 e. The number of nitrogens with zero attached hydrogens (tertiary/aromatic N) is 1. The maximum Gasteiger partial charge on any atom is 0.257 e. The number of rotatable bonds is 12. The molecular weight excluding hydrogens is 456 g/mol. The Morgan fingerprint density at radius 1 is 0.971 bits per heavy atom. The van der Waals surface area contributed by atoms with Crippen molar-refractivity contribution in [1.29, 1.82) is 0 Å². The van der Waals surface area contributed by atoms with E-state index in [1.807, 2.05) is 70.2 Å². The topological polar surface area (TPSA) is 111 Å². The Kier molecular flexibility index (Phi) is 15.1. The van der Waals surface area contributed by atoms with Gasteiger partial charge in [0, 0.05) is 6.54 Å². The Hall–Kier alpha value is -2.42. The molecule has 1 rings (SSSR count). The monoisotopic (exact) mass is 496 g/mol. The number of amides is 3. The van der Waals surface area contributed by atoms with E-state index in [4.69, 9.17) is 0 Å². The van der Waals surface area contributed by atoms with E-state index in [0.29, 0.717) is 13.0 Å². The van der Waals surface area contributed by atoms with Crippen LogP contribution in [0.25, 0.3) is 6.08 Å². The van der Waals surface area contributed by atoms with Crippen LogP contribution in [0.4, 0.5) is 0 Å². The predicted octanol–water partition coefficient (Wildman–Crippen LogP) is 3.42. The second kappa shape index (κ2) is 16.2. The lowest BCUT2D eigenvalue weighted by Crippen LogP contribution is -2.56. The van der Waals surface area contributed by atoms with Crippen molar-refractivity contribution in [3.05, 3.63) is 42.0 Å². The van der Waals surface area contributed by atoms with Gasteiger partial charge in [-0.25, -0.2) is 5.48 Å². The van der Waals surface area contributed by atoms with Gasteiger partial charge in [-0.2, -0.15) is 0 Å². The van der Waals surface area contributed by atoms with Crippen LogP contribution in [-0.4, -0.2) is 47.6 Å². The minimum atomic E-state index is -0.796. The van der Waals surface area contributed by atoms with E-state index < -0.39 is 29.7 Å². The number of hydrogen-bond acceptors (Lipinski definition) is 5. The van der Waals surface area contributed by atoms with Crippen molar-refractivity contribution in [2.75, 3.05) is 13.6 Å². The first-order valence-electron chi connectivity index (χ1n) is 11.5. The Morgan fingerprint density at radius 2 is 1.59 bits per heavy atom. The van der Waals surface area contributed by atoms with E-state index in [1.54, 1.807) is 19.5 Å². The number of benzene rings is 1. The van der Waals surface area contributed by atoms with Gasteiger partial charge in [-0.1, -0.05) is 70.2 Å². The van der Waals surface area contributed by atoms with Gasteiger partial charge in [0.2, 0.25) is 11.8 Å². The molecule has 0 radical (unpaired) electrons. The molecule has 0 aliphatic rings. The molecule has 0 aliphatic carbocycles. The molecule has 0 bridgehead atoms. The second-order valence-corrected chi connectivity index (χ2v) is 9.20. The molecular formula is C25H41ClN4O4. The van der Waals surface area contributed by atoms with Crippen molar-refractivity contribution < 1.29 is 19.6 Å². The summed E-state index contributed by atoms with van der Waals surface area (Å²) in [5.74, 6) is -2.57. The third kappa shape index (κ3) is 10.7. The van der Waals surface area contributed by atoms with Crippen LogP contribution in [0.2, 0.25) is 0 Å². The molecule has 1 aromatic rings. The van der Waals surface area contributed by atoms with Gasteiger partial charge in [-0.05, 0) is 44.2 Å². The molecule has 34 heavy (non-hydrogen) atoms. The van der Waals surface area contributed by atoms with Crippen molar-refractivity contribution >= 4 is 36.2 Å².